The van der Waals surface area contributed by atoms with Crippen molar-refractivity contribution in [2.75, 3.05) is 33.7 Å². The average molecular weight is 259 g/mol. The SMILES string of the molecule is CCCCN(C)CCC(=O)N(C)CCC(N)=S. The van der Waals surface area contributed by atoms with E-state index in [9.17, 15) is 4.79 Å². The van der Waals surface area contributed by atoms with E-state index in [0.717, 1.165) is 13.1 Å². The average Bonchev–Trinajstić information content (AvgIpc) is 2.29. The highest BCUT2D eigenvalue weighted by Gasteiger charge is 2.09. The summed E-state index contributed by atoms with van der Waals surface area (Å²) in [6.45, 7) is 4.66. The van der Waals surface area contributed by atoms with Gasteiger partial charge in [0, 0.05) is 33.0 Å². The van der Waals surface area contributed by atoms with Crippen molar-refractivity contribution in [3.63, 3.8) is 0 Å². The lowest BCUT2D eigenvalue weighted by molar-refractivity contribution is -0.130. The van der Waals surface area contributed by atoms with Gasteiger partial charge in [0.2, 0.25) is 5.91 Å². The molecular weight excluding hydrogens is 234 g/mol. The molecule has 0 atom stereocenters. The Morgan fingerprint density at radius 3 is 2.35 bits per heavy atom. The first-order valence-corrected chi connectivity index (χ1v) is 6.59. The van der Waals surface area contributed by atoms with Gasteiger partial charge in [0.05, 0.1) is 4.99 Å². The van der Waals surface area contributed by atoms with E-state index in [2.05, 4.69) is 18.9 Å². The molecule has 0 bridgehead atoms. The highest BCUT2D eigenvalue weighted by molar-refractivity contribution is 7.80. The van der Waals surface area contributed by atoms with Gasteiger partial charge in [0.25, 0.3) is 0 Å². The minimum absolute atomic E-state index is 0.157. The Bertz CT molecular complexity index is 246. The topological polar surface area (TPSA) is 49.6 Å². The van der Waals surface area contributed by atoms with E-state index >= 15 is 0 Å². The molecule has 0 aliphatic carbocycles. The monoisotopic (exact) mass is 259 g/mol. The Labute approximate surface area is 110 Å². The van der Waals surface area contributed by atoms with Crippen molar-refractivity contribution in [1.82, 2.24) is 9.80 Å². The van der Waals surface area contributed by atoms with E-state index in [4.69, 9.17) is 18.0 Å². The third-order valence-corrected chi connectivity index (χ3v) is 2.92. The van der Waals surface area contributed by atoms with E-state index in [0.29, 0.717) is 24.4 Å². The Kier molecular flexibility index (Phi) is 8.99. The van der Waals surface area contributed by atoms with Crippen LogP contribution in [0.4, 0.5) is 0 Å². The quantitative estimate of drug-likeness (QED) is 0.633. The maximum Gasteiger partial charge on any atom is 0.223 e. The molecular formula is C12H25N3OS. The molecule has 0 aliphatic heterocycles. The van der Waals surface area contributed by atoms with Crippen LogP contribution in [0.3, 0.4) is 0 Å². The summed E-state index contributed by atoms with van der Waals surface area (Å²) >= 11 is 4.79. The van der Waals surface area contributed by atoms with Crippen molar-refractivity contribution in [2.24, 2.45) is 5.73 Å². The number of carbonyl (C=O) groups is 1. The van der Waals surface area contributed by atoms with Crippen molar-refractivity contribution in [3.8, 4) is 0 Å². The normalized spacial score (nSPS) is 10.6. The number of unbranched alkanes of at least 4 members (excludes halogenated alkanes) is 1. The van der Waals surface area contributed by atoms with Gasteiger partial charge in [0.1, 0.15) is 0 Å². The second kappa shape index (κ2) is 9.36. The van der Waals surface area contributed by atoms with Crippen LogP contribution in [-0.2, 0) is 4.79 Å². The van der Waals surface area contributed by atoms with Crippen LogP contribution < -0.4 is 5.73 Å². The summed E-state index contributed by atoms with van der Waals surface area (Å²) < 4.78 is 0. The van der Waals surface area contributed by atoms with Gasteiger partial charge in [-0.1, -0.05) is 25.6 Å². The van der Waals surface area contributed by atoms with Crippen molar-refractivity contribution in [2.45, 2.75) is 32.6 Å². The van der Waals surface area contributed by atoms with Crippen LogP contribution >= 0.6 is 12.2 Å². The molecule has 0 aromatic carbocycles. The highest BCUT2D eigenvalue weighted by Crippen LogP contribution is 1.97. The molecule has 0 spiro atoms. The molecule has 0 aromatic rings. The fraction of sp³-hybridized carbons (Fsp3) is 0.833. The zero-order valence-electron chi connectivity index (χ0n) is 11.2. The fourth-order valence-electron chi connectivity index (χ4n) is 1.42. The molecule has 1 amide bonds. The predicted octanol–water partition coefficient (Wildman–Crippen LogP) is 1.24. The summed E-state index contributed by atoms with van der Waals surface area (Å²) in [6, 6.07) is 0. The van der Waals surface area contributed by atoms with Gasteiger partial charge in [-0.25, -0.2) is 0 Å². The van der Waals surface area contributed by atoms with E-state index in [1.807, 2.05) is 0 Å². The number of carbonyl (C=O) groups excluding carboxylic acids is 1. The van der Waals surface area contributed by atoms with Crippen LogP contribution in [0, 0.1) is 0 Å². The standard InChI is InChI=1S/C12H25N3OS/c1-4-5-8-14(2)9-7-12(16)15(3)10-6-11(13)17/h4-10H2,1-3H3,(H2,13,17). The minimum atomic E-state index is 0.157. The Morgan fingerprint density at radius 1 is 1.18 bits per heavy atom. The summed E-state index contributed by atoms with van der Waals surface area (Å²) in [7, 11) is 3.85. The third-order valence-electron chi connectivity index (χ3n) is 2.72. The van der Waals surface area contributed by atoms with Gasteiger partial charge in [-0.2, -0.15) is 0 Å². The van der Waals surface area contributed by atoms with Gasteiger partial charge in [-0.15, -0.1) is 0 Å². The van der Waals surface area contributed by atoms with Crippen LogP contribution in [0.1, 0.15) is 32.6 Å². The van der Waals surface area contributed by atoms with Crippen molar-refractivity contribution >= 4 is 23.1 Å². The van der Waals surface area contributed by atoms with Gasteiger partial charge in [-0.3, -0.25) is 4.79 Å². The van der Waals surface area contributed by atoms with Crippen LogP contribution in [0.5, 0.6) is 0 Å². The van der Waals surface area contributed by atoms with Gasteiger partial charge in [-0.05, 0) is 20.0 Å². The fourth-order valence-corrected chi connectivity index (χ4v) is 1.51. The smallest absolute Gasteiger partial charge is 0.223 e. The molecule has 0 saturated heterocycles. The van der Waals surface area contributed by atoms with Crippen LogP contribution in [0.25, 0.3) is 0 Å². The van der Waals surface area contributed by atoms with E-state index < -0.39 is 0 Å². The van der Waals surface area contributed by atoms with Crippen LogP contribution in [0.15, 0.2) is 0 Å². The van der Waals surface area contributed by atoms with Crippen molar-refractivity contribution < 1.29 is 4.79 Å². The van der Waals surface area contributed by atoms with Crippen LogP contribution in [-0.4, -0.2) is 54.4 Å². The second-order valence-corrected chi connectivity index (χ2v) is 4.96. The zero-order valence-corrected chi connectivity index (χ0v) is 12.1. The van der Waals surface area contributed by atoms with E-state index in [1.54, 1.807) is 11.9 Å². The number of hydrogen-bond donors (Lipinski definition) is 1. The highest BCUT2D eigenvalue weighted by atomic mass is 32.1. The summed E-state index contributed by atoms with van der Waals surface area (Å²) in [4.78, 5) is 16.1. The lowest BCUT2D eigenvalue weighted by Gasteiger charge is -2.20. The number of nitrogens with zero attached hydrogens (tertiary/aromatic N) is 2. The van der Waals surface area contributed by atoms with E-state index in [1.165, 1.54) is 12.8 Å². The molecule has 0 fully saturated rings. The number of hydrogen-bond acceptors (Lipinski definition) is 3. The molecule has 100 valence electrons. The largest absolute Gasteiger partial charge is 0.393 e. The number of nitrogens with two attached hydrogens (primary N) is 1. The molecule has 0 radical (unpaired) electrons. The molecule has 0 aliphatic rings. The number of amides is 1. The van der Waals surface area contributed by atoms with E-state index in [-0.39, 0.29) is 5.91 Å². The summed E-state index contributed by atoms with van der Waals surface area (Å²) in [6.07, 6.45) is 3.53. The Hall–Kier alpha value is -0.680. The van der Waals surface area contributed by atoms with Gasteiger partial charge in [0.15, 0.2) is 0 Å². The molecule has 0 aromatic heterocycles. The molecule has 17 heavy (non-hydrogen) atoms. The first-order valence-electron chi connectivity index (χ1n) is 6.18. The first-order chi connectivity index (χ1) is 7.97. The maximum absolute atomic E-state index is 11.7. The third kappa shape index (κ3) is 9.06. The molecule has 0 rings (SSSR count). The number of thiocarbonyl (C=S) groups is 1. The van der Waals surface area contributed by atoms with Crippen LogP contribution in [0.2, 0.25) is 0 Å². The lowest BCUT2D eigenvalue weighted by Crippen LogP contribution is -2.33. The molecule has 2 N–H and O–H groups in total. The summed E-state index contributed by atoms with van der Waals surface area (Å²) in [5, 5.41) is 0. The molecule has 0 heterocycles. The predicted molar refractivity (Wildman–Crippen MR) is 76.1 cm³/mol. The molecule has 0 unspecified atom stereocenters. The first kappa shape index (κ1) is 16.3. The molecule has 4 nitrogen and oxygen atoms in total. The molecule has 5 heteroatoms. The van der Waals surface area contributed by atoms with Gasteiger partial charge < -0.3 is 15.5 Å². The second-order valence-electron chi connectivity index (χ2n) is 4.44. The summed E-state index contributed by atoms with van der Waals surface area (Å²) in [5.41, 5.74) is 5.40. The van der Waals surface area contributed by atoms with Gasteiger partial charge >= 0.3 is 0 Å². The lowest BCUT2D eigenvalue weighted by atomic mass is 10.3. The van der Waals surface area contributed by atoms with Crippen molar-refractivity contribution in [1.29, 1.82) is 0 Å². The Morgan fingerprint density at radius 2 is 1.82 bits per heavy atom. The Balaban J connectivity index is 3.73. The maximum atomic E-state index is 11.7. The zero-order chi connectivity index (χ0) is 13.3. The van der Waals surface area contributed by atoms with Crippen molar-refractivity contribution in [3.05, 3.63) is 0 Å². The summed E-state index contributed by atoms with van der Waals surface area (Å²) in [5.74, 6) is 0.157. The molecule has 0 saturated carbocycles. The minimum Gasteiger partial charge on any atom is -0.393 e. The number of rotatable bonds is 9.